The van der Waals surface area contributed by atoms with Crippen molar-refractivity contribution in [3.63, 3.8) is 0 Å². The number of carbonyl (C=O) groups excluding carboxylic acids is 2. The van der Waals surface area contributed by atoms with Gasteiger partial charge in [0.2, 0.25) is 11.8 Å². The Morgan fingerprint density at radius 3 is 2.80 bits per heavy atom. The summed E-state index contributed by atoms with van der Waals surface area (Å²) in [7, 11) is 0. The van der Waals surface area contributed by atoms with E-state index >= 15 is 0 Å². The third-order valence-corrected chi connectivity index (χ3v) is 4.90. The van der Waals surface area contributed by atoms with E-state index in [1.165, 1.54) is 23.5 Å². The number of nitrogens with two attached hydrogens (primary N) is 1. The number of nitrogens with zero attached hydrogens (tertiary/aromatic N) is 1. The lowest BCUT2D eigenvalue weighted by Crippen LogP contribution is -2.45. The van der Waals surface area contributed by atoms with Crippen LogP contribution in [0.3, 0.4) is 0 Å². The fourth-order valence-electron chi connectivity index (χ4n) is 2.69. The second-order valence-electron chi connectivity index (χ2n) is 5.93. The van der Waals surface area contributed by atoms with Gasteiger partial charge in [-0.2, -0.15) is 0 Å². The van der Waals surface area contributed by atoms with E-state index in [1.54, 1.807) is 12.1 Å². The van der Waals surface area contributed by atoms with Crippen molar-refractivity contribution in [2.24, 2.45) is 11.7 Å². The molecule has 0 unspecified atom stereocenters. The van der Waals surface area contributed by atoms with Crippen LogP contribution in [0.25, 0.3) is 0 Å². The predicted molar refractivity (Wildman–Crippen MR) is 90.5 cm³/mol. The van der Waals surface area contributed by atoms with Crippen molar-refractivity contribution in [3.8, 4) is 0 Å². The number of primary amides is 1. The molecule has 3 N–H and O–H groups in total. The molecule has 1 aromatic carbocycles. The molecule has 1 aliphatic rings. The molecule has 0 bridgehead atoms. The highest BCUT2D eigenvalue weighted by molar-refractivity contribution is 7.09. The van der Waals surface area contributed by atoms with Crippen molar-refractivity contribution in [1.29, 1.82) is 0 Å². The summed E-state index contributed by atoms with van der Waals surface area (Å²) in [5.41, 5.74) is 6.92. The first kappa shape index (κ1) is 17.5. The molecular weight excluding hydrogens is 345 g/mol. The molecule has 6 nitrogen and oxygen atoms in total. The Hall–Kier alpha value is -2.32. The number of halogens is 1. The zero-order valence-corrected chi connectivity index (χ0v) is 14.2. The SMILES string of the molecule is NC(=O)[C@@H]1COC[C@@H]1NC(=O)Cc1csc(Cc2ccc(F)cc2)n1. The average molecular weight is 363 g/mol. The largest absolute Gasteiger partial charge is 0.378 e. The van der Waals surface area contributed by atoms with Gasteiger partial charge >= 0.3 is 0 Å². The van der Waals surface area contributed by atoms with Crippen LogP contribution in [0.15, 0.2) is 29.6 Å². The lowest BCUT2D eigenvalue weighted by Gasteiger charge is -2.15. The number of nitrogens with one attached hydrogen (secondary N) is 1. The van der Waals surface area contributed by atoms with Gasteiger partial charge in [-0.25, -0.2) is 9.37 Å². The smallest absolute Gasteiger partial charge is 0.226 e. The zero-order valence-electron chi connectivity index (χ0n) is 13.4. The molecule has 0 saturated carbocycles. The Kier molecular flexibility index (Phi) is 5.40. The minimum absolute atomic E-state index is 0.127. The van der Waals surface area contributed by atoms with Gasteiger partial charge in [0.05, 0.1) is 42.3 Å². The quantitative estimate of drug-likeness (QED) is 0.802. The molecule has 2 amide bonds. The van der Waals surface area contributed by atoms with Crippen LogP contribution in [0.1, 0.15) is 16.3 Å². The number of benzene rings is 1. The Labute approximate surface area is 148 Å². The summed E-state index contributed by atoms with van der Waals surface area (Å²) in [4.78, 5) is 27.9. The van der Waals surface area contributed by atoms with Crippen molar-refractivity contribution in [3.05, 3.63) is 51.7 Å². The summed E-state index contributed by atoms with van der Waals surface area (Å²) in [6.45, 7) is 0.519. The second-order valence-corrected chi connectivity index (χ2v) is 6.88. The lowest BCUT2D eigenvalue weighted by atomic mass is 10.0. The van der Waals surface area contributed by atoms with Gasteiger partial charge in [0.1, 0.15) is 5.82 Å². The summed E-state index contributed by atoms with van der Waals surface area (Å²) >= 11 is 1.46. The molecule has 2 heterocycles. The van der Waals surface area contributed by atoms with Crippen LogP contribution >= 0.6 is 11.3 Å². The van der Waals surface area contributed by atoms with Gasteiger partial charge in [0, 0.05) is 11.8 Å². The Morgan fingerprint density at radius 2 is 2.08 bits per heavy atom. The molecule has 1 aromatic heterocycles. The van der Waals surface area contributed by atoms with E-state index < -0.39 is 11.8 Å². The van der Waals surface area contributed by atoms with Gasteiger partial charge in [-0.05, 0) is 17.7 Å². The molecule has 3 rings (SSSR count). The van der Waals surface area contributed by atoms with E-state index in [9.17, 15) is 14.0 Å². The van der Waals surface area contributed by atoms with E-state index in [0.29, 0.717) is 12.1 Å². The third-order valence-electron chi connectivity index (χ3n) is 4.00. The van der Waals surface area contributed by atoms with Gasteiger partial charge in [-0.1, -0.05) is 12.1 Å². The Bertz CT molecular complexity index is 763. The van der Waals surface area contributed by atoms with Crippen molar-refractivity contribution >= 4 is 23.2 Å². The molecule has 1 fully saturated rings. The predicted octanol–water partition coefficient (Wildman–Crippen LogP) is 1.03. The highest BCUT2D eigenvalue weighted by atomic mass is 32.1. The number of hydrogen-bond acceptors (Lipinski definition) is 5. The normalized spacial score (nSPS) is 19.7. The first-order chi connectivity index (χ1) is 12.0. The molecule has 0 aliphatic carbocycles. The van der Waals surface area contributed by atoms with Gasteiger partial charge in [-0.15, -0.1) is 11.3 Å². The maximum Gasteiger partial charge on any atom is 0.226 e. The zero-order chi connectivity index (χ0) is 17.8. The fraction of sp³-hybridized carbons (Fsp3) is 0.353. The minimum Gasteiger partial charge on any atom is -0.378 e. The maximum atomic E-state index is 12.9. The van der Waals surface area contributed by atoms with Gasteiger partial charge in [0.25, 0.3) is 0 Å². The summed E-state index contributed by atoms with van der Waals surface area (Å²) in [6.07, 6.45) is 0.717. The van der Waals surface area contributed by atoms with E-state index in [4.69, 9.17) is 10.5 Å². The fourth-order valence-corrected chi connectivity index (χ4v) is 3.52. The van der Waals surface area contributed by atoms with Crippen molar-refractivity contribution in [1.82, 2.24) is 10.3 Å². The van der Waals surface area contributed by atoms with E-state index in [2.05, 4.69) is 10.3 Å². The Morgan fingerprint density at radius 1 is 1.32 bits per heavy atom. The average Bonchev–Trinajstić information content (AvgIpc) is 3.19. The number of amides is 2. The highest BCUT2D eigenvalue weighted by Gasteiger charge is 2.33. The second kappa shape index (κ2) is 7.71. The van der Waals surface area contributed by atoms with Crippen molar-refractivity contribution in [2.45, 2.75) is 18.9 Å². The van der Waals surface area contributed by atoms with E-state index in [1.807, 2.05) is 5.38 Å². The third kappa shape index (κ3) is 4.61. The molecule has 1 aliphatic heterocycles. The minimum atomic E-state index is -0.492. The van der Waals surface area contributed by atoms with Gasteiger partial charge in [0.15, 0.2) is 0 Å². The maximum absolute atomic E-state index is 12.9. The number of hydrogen-bond donors (Lipinski definition) is 2. The van der Waals surface area contributed by atoms with Crippen LogP contribution < -0.4 is 11.1 Å². The number of ether oxygens (including phenoxy) is 1. The van der Waals surface area contributed by atoms with Crippen molar-refractivity contribution in [2.75, 3.05) is 13.2 Å². The van der Waals surface area contributed by atoms with Crippen LogP contribution in [0.4, 0.5) is 4.39 Å². The highest BCUT2D eigenvalue weighted by Crippen LogP contribution is 2.17. The first-order valence-electron chi connectivity index (χ1n) is 7.85. The molecule has 132 valence electrons. The van der Waals surface area contributed by atoms with Crippen LogP contribution in [0.5, 0.6) is 0 Å². The first-order valence-corrected chi connectivity index (χ1v) is 8.73. The molecule has 2 atom stereocenters. The van der Waals surface area contributed by atoms with Crippen LogP contribution in [0, 0.1) is 11.7 Å². The summed E-state index contributed by atoms with van der Waals surface area (Å²) in [5.74, 6) is -1.46. The standard InChI is InChI=1S/C17H18FN3O3S/c18-11-3-1-10(2-4-11)5-16-20-12(9-25-16)6-15(22)21-14-8-24-7-13(14)17(19)23/h1-4,9,13-14H,5-8H2,(H2,19,23)(H,21,22)/t13-,14+/m1/s1. The van der Waals surface area contributed by atoms with E-state index in [0.717, 1.165) is 10.6 Å². The molecule has 25 heavy (non-hydrogen) atoms. The number of carbonyl (C=O) groups is 2. The van der Waals surface area contributed by atoms with Crippen LogP contribution in [-0.2, 0) is 27.2 Å². The monoisotopic (exact) mass is 363 g/mol. The van der Waals surface area contributed by atoms with Crippen LogP contribution in [0.2, 0.25) is 0 Å². The Balaban J connectivity index is 1.55. The summed E-state index contributed by atoms with van der Waals surface area (Å²) in [5, 5.41) is 5.47. The van der Waals surface area contributed by atoms with Crippen molar-refractivity contribution < 1.29 is 18.7 Å². The number of thiazole rings is 1. The van der Waals surface area contributed by atoms with E-state index in [-0.39, 0.29) is 37.4 Å². The number of aromatic nitrogens is 1. The molecule has 8 heteroatoms. The molecule has 1 saturated heterocycles. The number of rotatable bonds is 6. The van der Waals surface area contributed by atoms with Gasteiger partial charge < -0.3 is 15.8 Å². The molecule has 2 aromatic rings. The summed E-state index contributed by atoms with van der Waals surface area (Å²) < 4.78 is 18.1. The molecular formula is C17H18FN3O3S. The lowest BCUT2D eigenvalue weighted by molar-refractivity contribution is -0.123. The van der Waals surface area contributed by atoms with Crippen LogP contribution in [-0.4, -0.2) is 36.1 Å². The topological polar surface area (TPSA) is 94.3 Å². The summed E-state index contributed by atoms with van der Waals surface area (Å²) in [6, 6.07) is 5.87. The molecule has 0 spiro atoms. The van der Waals surface area contributed by atoms with Gasteiger partial charge in [-0.3, -0.25) is 9.59 Å². The molecule has 0 radical (unpaired) electrons.